The maximum atomic E-state index is 11.0. The van der Waals surface area contributed by atoms with Gasteiger partial charge in [0.15, 0.2) is 0 Å². The summed E-state index contributed by atoms with van der Waals surface area (Å²) in [5, 5.41) is 31.3. The van der Waals surface area contributed by atoms with Crippen LogP contribution in [0.4, 0.5) is 5.69 Å². The second-order valence-corrected chi connectivity index (χ2v) is 5.22. The number of nitro groups is 1. The Bertz CT molecular complexity index is 799. The number of benzene rings is 2. The molecule has 0 aliphatic heterocycles. The number of nitrogens with zero attached hydrogens (tertiary/aromatic N) is 1. The lowest BCUT2D eigenvalue weighted by Gasteiger charge is -2.02. The maximum Gasteiger partial charge on any atom is 0.495 e. The van der Waals surface area contributed by atoms with Crippen LogP contribution in [0.5, 0.6) is 0 Å². The van der Waals surface area contributed by atoms with E-state index in [0.29, 0.717) is 0 Å². The van der Waals surface area contributed by atoms with Crippen molar-refractivity contribution >= 4 is 49.8 Å². The minimum Gasteiger partial charge on any atom is -0.423 e. The molecule has 0 amide bonds. The molecule has 1 aromatic heterocycles. The first-order valence-corrected chi connectivity index (χ1v) is 6.35. The van der Waals surface area contributed by atoms with Gasteiger partial charge in [-0.2, -0.15) is 0 Å². The molecule has 2 N–H and O–H groups in total. The van der Waals surface area contributed by atoms with Crippen LogP contribution in [0.1, 0.15) is 0 Å². The molecule has 94 valence electrons. The molecule has 0 spiro atoms. The standard InChI is InChI=1S/C12H8BNO4S/c15-13(16)9-5-8-7-3-1-2-4-11(7)19-12(8)6-10(9)14(17)18/h1-6,15-16H. The third-order valence-electron chi connectivity index (χ3n) is 3.00. The fraction of sp³-hybridized carbons (Fsp3) is 0. The van der Waals surface area contributed by atoms with Crippen LogP contribution in [-0.4, -0.2) is 22.1 Å². The highest BCUT2D eigenvalue weighted by Gasteiger charge is 2.25. The second-order valence-electron chi connectivity index (χ2n) is 4.14. The summed E-state index contributed by atoms with van der Waals surface area (Å²) in [6, 6.07) is 10.5. The molecular formula is C12H8BNO4S. The second kappa shape index (κ2) is 4.31. The van der Waals surface area contributed by atoms with Gasteiger partial charge in [-0.1, -0.05) is 18.2 Å². The zero-order valence-electron chi connectivity index (χ0n) is 9.61. The number of hydrogen-bond acceptors (Lipinski definition) is 5. The Morgan fingerprint density at radius 1 is 1.11 bits per heavy atom. The normalized spacial score (nSPS) is 11.1. The molecule has 3 aromatic rings. The molecule has 0 bridgehead atoms. The molecule has 0 aliphatic rings. The molecule has 19 heavy (non-hydrogen) atoms. The van der Waals surface area contributed by atoms with E-state index in [9.17, 15) is 20.2 Å². The Morgan fingerprint density at radius 3 is 2.53 bits per heavy atom. The predicted molar refractivity (Wildman–Crippen MR) is 75.8 cm³/mol. The lowest BCUT2D eigenvalue weighted by molar-refractivity contribution is -0.383. The molecule has 0 saturated heterocycles. The topological polar surface area (TPSA) is 83.6 Å². The number of fused-ring (bicyclic) bond motifs is 3. The van der Waals surface area contributed by atoms with Gasteiger partial charge in [-0.3, -0.25) is 10.1 Å². The van der Waals surface area contributed by atoms with Crippen LogP contribution in [-0.2, 0) is 0 Å². The smallest absolute Gasteiger partial charge is 0.423 e. The van der Waals surface area contributed by atoms with Crippen molar-refractivity contribution in [2.75, 3.05) is 0 Å². The van der Waals surface area contributed by atoms with Gasteiger partial charge in [-0.05, 0) is 12.1 Å². The molecule has 0 saturated carbocycles. The fourth-order valence-electron chi connectivity index (χ4n) is 2.14. The van der Waals surface area contributed by atoms with E-state index in [1.165, 1.54) is 23.5 Å². The van der Waals surface area contributed by atoms with Crippen molar-refractivity contribution in [2.45, 2.75) is 0 Å². The fourth-order valence-corrected chi connectivity index (χ4v) is 3.26. The van der Waals surface area contributed by atoms with Gasteiger partial charge >= 0.3 is 7.12 Å². The number of thiophene rings is 1. The molecule has 0 atom stereocenters. The van der Waals surface area contributed by atoms with E-state index >= 15 is 0 Å². The van der Waals surface area contributed by atoms with E-state index < -0.39 is 12.0 Å². The summed E-state index contributed by atoms with van der Waals surface area (Å²) >= 11 is 1.45. The first-order chi connectivity index (χ1) is 9.08. The minimum absolute atomic E-state index is 0.0824. The maximum absolute atomic E-state index is 11.0. The van der Waals surface area contributed by atoms with Gasteiger partial charge in [0.25, 0.3) is 5.69 Å². The van der Waals surface area contributed by atoms with Crippen molar-refractivity contribution in [3.63, 3.8) is 0 Å². The van der Waals surface area contributed by atoms with Gasteiger partial charge in [0.05, 0.1) is 10.4 Å². The van der Waals surface area contributed by atoms with Crippen LogP contribution in [0, 0.1) is 10.1 Å². The zero-order valence-corrected chi connectivity index (χ0v) is 10.4. The van der Waals surface area contributed by atoms with Crippen molar-refractivity contribution < 1.29 is 15.0 Å². The van der Waals surface area contributed by atoms with E-state index in [1.807, 2.05) is 24.3 Å². The van der Waals surface area contributed by atoms with E-state index in [-0.39, 0.29) is 11.2 Å². The van der Waals surface area contributed by atoms with Crippen molar-refractivity contribution in [3.05, 3.63) is 46.5 Å². The van der Waals surface area contributed by atoms with E-state index in [2.05, 4.69) is 0 Å². The van der Waals surface area contributed by atoms with Gasteiger partial charge in [0.1, 0.15) is 0 Å². The lowest BCUT2D eigenvalue weighted by Crippen LogP contribution is -2.31. The molecule has 0 radical (unpaired) electrons. The Kier molecular flexibility index (Phi) is 2.74. The van der Waals surface area contributed by atoms with Gasteiger partial charge in [-0.15, -0.1) is 11.3 Å². The molecule has 7 heteroatoms. The van der Waals surface area contributed by atoms with E-state index in [1.54, 1.807) is 0 Å². The quantitative estimate of drug-likeness (QED) is 0.422. The van der Waals surface area contributed by atoms with Crippen LogP contribution in [0.3, 0.4) is 0 Å². The Hall–Kier alpha value is -1.96. The molecule has 0 unspecified atom stereocenters. The monoisotopic (exact) mass is 273 g/mol. The molecule has 3 rings (SSSR count). The Labute approximate surface area is 112 Å². The van der Waals surface area contributed by atoms with Crippen LogP contribution in [0.2, 0.25) is 0 Å². The van der Waals surface area contributed by atoms with Crippen molar-refractivity contribution in [3.8, 4) is 0 Å². The number of rotatable bonds is 2. The third-order valence-corrected chi connectivity index (χ3v) is 4.13. The Morgan fingerprint density at radius 2 is 1.84 bits per heavy atom. The van der Waals surface area contributed by atoms with E-state index in [4.69, 9.17) is 0 Å². The third kappa shape index (κ3) is 1.88. The Balaban J connectivity index is 2.43. The SMILES string of the molecule is O=[N+]([O-])c1cc2sc3ccccc3c2cc1B(O)O. The van der Waals surface area contributed by atoms with E-state index in [0.717, 1.165) is 20.2 Å². The van der Waals surface area contributed by atoms with Crippen molar-refractivity contribution in [1.82, 2.24) is 0 Å². The van der Waals surface area contributed by atoms with Crippen molar-refractivity contribution in [1.29, 1.82) is 0 Å². The summed E-state index contributed by atoms with van der Waals surface area (Å²) in [4.78, 5) is 10.4. The highest BCUT2D eigenvalue weighted by molar-refractivity contribution is 7.25. The highest BCUT2D eigenvalue weighted by Crippen LogP contribution is 2.34. The predicted octanol–water partition coefficient (Wildman–Crippen LogP) is 1.64. The molecule has 2 aromatic carbocycles. The molecule has 0 fully saturated rings. The average Bonchev–Trinajstić information content (AvgIpc) is 2.74. The zero-order chi connectivity index (χ0) is 13.6. The minimum atomic E-state index is -1.86. The number of nitro benzene ring substituents is 1. The summed E-state index contributed by atoms with van der Waals surface area (Å²) in [6.45, 7) is 0. The van der Waals surface area contributed by atoms with Gasteiger partial charge < -0.3 is 10.0 Å². The first-order valence-electron chi connectivity index (χ1n) is 5.53. The summed E-state index contributed by atoms with van der Waals surface area (Å²) in [6.07, 6.45) is 0. The van der Waals surface area contributed by atoms with Gasteiger partial charge in [0, 0.05) is 26.2 Å². The largest absolute Gasteiger partial charge is 0.495 e. The average molecular weight is 273 g/mol. The van der Waals surface area contributed by atoms with Crippen molar-refractivity contribution in [2.24, 2.45) is 0 Å². The first kappa shape index (κ1) is 12.1. The number of hydrogen-bond donors (Lipinski definition) is 2. The molecule has 0 aliphatic carbocycles. The van der Waals surface area contributed by atoms with Gasteiger partial charge in [0.2, 0.25) is 0 Å². The molecular weight excluding hydrogens is 265 g/mol. The highest BCUT2D eigenvalue weighted by atomic mass is 32.1. The van der Waals surface area contributed by atoms with Crippen LogP contribution >= 0.6 is 11.3 Å². The van der Waals surface area contributed by atoms with Gasteiger partial charge in [-0.25, -0.2) is 0 Å². The summed E-state index contributed by atoms with van der Waals surface area (Å²) in [7, 11) is -1.86. The summed E-state index contributed by atoms with van der Waals surface area (Å²) in [5.74, 6) is 0. The molecule has 5 nitrogen and oxygen atoms in total. The molecule has 1 heterocycles. The van der Waals surface area contributed by atoms with Crippen LogP contribution in [0.25, 0.3) is 20.2 Å². The lowest BCUT2D eigenvalue weighted by atomic mass is 9.78. The van der Waals surface area contributed by atoms with Crippen LogP contribution in [0.15, 0.2) is 36.4 Å². The van der Waals surface area contributed by atoms with Crippen LogP contribution < -0.4 is 5.46 Å². The summed E-state index contributed by atoms with van der Waals surface area (Å²) in [5.41, 5.74) is -0.352. The summed E-state index contributed by atoms with van der Waals surface area (Å²) < 4.78 is 1.77.